The summed E-state index contributed by atoms with van der Waals surface area (Å²) in [4.78, 5) is 16.9. The molecule has 32 heavy (non-hydrogen) atoms. The van der Waals surface area contributed by atoms with Crippen LogP contribution in [0.2, 0.25) is 0 Å². The van der Waals surface area contributed by atoms with Gasteiger partial charge in [-0.15, -0.1) is 0 Å². The van der Waals surface area contributed by atoms with Gasteiger partial charge in [0.2, 0.25) is 0 Å². The zero-order chi connectivity index (χ0) is 22.6. The number of methoxy groups -OCH3 is 1. The topological polar surface area (TPSA) is 86.3 Å². The number of aromatic nitrogens is 3. The van der Waals surface area contributed by atoms with Gasteiger partial charge in [-0.05, 0) is 38.5 Å². The molecule has 0 radical (unpaired) electrons. The van der Waals surface area contributed by atoms with E-state index in [0.29, 0.717) is 25.2 Å². The summed E-state index contributed by atoms with van der Waals surface area (Å²) in [7, 11) is 1.79. The van der Waals surface area contributed by atoms with E-state index < -0.39 is 6.16 Å². The smallest absolute Gasteiger partial charge is 0.434 e. The van der Waals surface area contributed by atoms with E-state index in [1.54, 1.807) is 7.11 Å². The minimum absolute atomic E-state index is 0.262. The van der Waals surface area contributed by atoms with Gasteiger partial charge in [0.1, 0.15) is 5.82 Å². The molecule has 0 amide bonds. The van der Waals surface area contributed by atoms with Crippen molar-refractivity contribution in [3.8, 4) is 0 Å². The highest BCUT2D eigenvalue weighted by Crippen LogP contribution is 2.38. The van der Waals surface area contributed by atoms with Crippen molar-refractivity contribution >= 4 is 6.16 Å². The van der Waals surface area contributed by atoms with E-state index in [1.165, 1.54) is 32.1 Å². The molecule has 1 heterocycles. The Morgan fingerprint density at radius 3 is 2.66 bits per heavy atom. The number of aromatic amines is 1. The van der Waals surface area contributed by atoms with Crippen LogP contribution in [0, 0.1) is 5.92 Å². The highest BCUT2D eigenvalue weighted by Gasteiger charge is 2.32. The van der Waals surface area contributed by atoms with Crippen molar-refractivity contribution in [2.45, 2.75) is 115 Å². The number of hydrogen-bond acceptors (Lipinski definition) is 6. The summed E-state index contributed by atoms with van der Waals surface area (Å²) in [6.45, 7) is 3.06. The maximum atomic E-state index is 12.0. The third-order valence-corrected chi connectivity index (χ3v) is 7.24. The van der Waals surface area contributed by atoms with Crippen LogP contribution in [0.4, 0.5) is 4.79 Å². The minimum atomic E-state index is -0.533. The van der Waals surface area contributed by atoms with Gasteiger partial charge in [0, 0.05) is 24.9 Å². The van der Waals surface area contributed by atoms with Crippen molar-refractivity contribution in [2.24, 2.45) is 5.92 Å². The number of nitrogens with zero attached hydrogens (tertiary/aromatic N) is 2. The predicted octanol–water partition coefficient (Wildman–Crippen LogP) is 6.26. The summed E-state index contributed by atoms with van der Waals surface area (Å²) in [6.07, 6.45) is 15.7. The Morgan fingerprint density at radius 2 is 1.81 bits per heavy atom. The Bertz CT molecular complexity index is 665. The van der Waals surface area contributed by atoms with Gasteiger partial charge in [0.05, 0.1) is 19.3 Å². The molecule has 0 spiro atoms. The highest BCUT2D eigenvalue weighted by atomic mass is 16.7. The molecule has 1 N–H and O–H groups in total. The third kappa shape index (κ3) is 7.75. The van der Waals surface area contributed by atoms with E-state index in [9.17, 15) is 4.79 Å². The first-order chi connectivity index (χ1) is 15.7. The van der Waals surface area contributed by atoms with Crippen LogP contribution in [0.1, 0.15) is 120 Å². The molecule has 1 aromatic rings. The fourth-order valence-corrected chi connectivity index (χ4v) is 5.25. The van der Waals surface area contributed by atoms with Gasteiger partial charge in [0.25, 0.3) is 0 Å². The standard InChI is InChI=1S/C25H43N3O4/c1-3-4-5-6-7-10-16-31-25(29)32-18-20-12-8-9-15-22(20)24-26-23(27-28-24)19-13-11-14-21(17-19)30-2/h19-22H,3-18H2,1-2H3,(H,26,27,28). The molecular weight excluding hydrogens is 406 g/mol. The number of carbonyl (C=O) groups is 1. The molecule has 182 valence electrons. The summed E-state index contributed by atoms with van der Waals surface area (Å²) in [5.74, 6) is 2.77. The lowest BCUT2D eigenvalue weighted by Gasteiger charge is -2.29. The van der Waals surface area contributed by atoms with Gasteiger partial charge in [-0.3, -0.25) is 5.10 Å². The first-order valence-electron chi connectivity index (χ1n) is 13.0. The summed E-state index contributed by atoms with van der Waals surface area (Å²) < 4.78 is 16.3. The molecule has 7 nitrogen and oxygen atoms in total. The second-order valence-corrected chi connectivity index (χ2v) is 9.63. The number of carbonyl (C=O) groups excluding carboxylic acids is 1. The zero-order valence-corrected chi connectivity index (χ0v) is 20.2. The molecule has 0 bridgehead atoms. The number of rotatable bonds is 12. The molecule has 0 saturated heterocycles. The van der Waals surface area contributed by atoms with Crippen LogP contribution in [0.15, 0.2) is 0 Å². The van der Waals surface area contributed by atoms with Crippen LogP contribution < -0.4 is 0 Å². The van der Waals surface area contributed by atoms with Gasteiger partial charge >= 0.3 is 6.16 Å². The molecule has 0 aromatic carbocycles. The van der Waals surface area contributed by atoms with E-state index in [2.05, 4.69) is 17.1 Å². The minimum Gasteiger partial charge on any atom is -0.434 e. The number of nitrogens with one attached hydrogen (secondary N) is 1. The number of H-pyrrole nitrogens is 1. The fraction of sp³-hybridized carbons (Fsp3) is 0.880. The van der Waals surface area contributed by atoms with Crippen LogP contribution in [-0.2, 0) is 14.2 Å². The molecular formula is C25H43N3O4. The van der Waals surface area contributed by atoms with Crippen molar-refractivity contribution < 1.29 is 19.0 Å². The lowest BCUT2D eigenvalue weighted by atomic mass is 9.79. The van der Waals surface area contributed by atoms with Crippen molar-refractivity contribution in [1.29, 1.82) is 0 Å². The fourth-order valence-electron chi connectivity index (χ4n) is 5.25. The second-order valence-electron chi connectivity index (χ2n) is 9.63. The maximum Gasteiger partial charge on any atom is 0.508 e. The lowest BCUT2D eigenvalue weighted by Crippen LogP contribution is -2.25. The van der Waals surface area contributed by atoms with E-state index >= 15 is 0 Å². The number of unbranched alkanes of at least 4 members (excludes halogenated alkanes) is 5. The molecule has 1 aromatic heterocycles. The van der Waals surface area contributed by atoms with Crippen molar-refractivity contribution in [3.05, 3.63) is 11.6 Å². The number of hydrogen-bond donors (Lipinski definition) is 1. The zero-order valence-electron chi connectivity index (χ0n) is 20.2. The SMILES string of the molecule is CCCCCCCCOC(=O)OCC1CCCCC1c1nc(C2CCCC(OC)C2)n[nH]1. The Labute approximate surface area is 193 Å². The first kappa shape index (κ1) is 25.0. The van der Waals surface area contributed by atoms with Crippen molar-refractivity contribution in [2.75, 3.05) is 20.3 Å². The van der Waals surface area contributed by atoms with Gasteiger partial charge in [0.15, 0.2) is 5.82 Å². The Morgan fingerprint density at radius 1 is 1.00 bits per heavy atom. The molecule has 0 aliphatic heterocycles. The molecule has 2 saturated carbocycles. The van der Waals surface area contributed by atoms with Crippen LogP contribution in [0.5, 0.6) is 0 Å². The Kier molecular flexibility index (Phi) is 10.8. The maximum absolute atomic E-state index is 12.0. The molecule has 4 unspecified atom stereocenters. The van der Waals surface area contributed by atoms with Crippen molar-refractivity contribution in [1.82, 2.24) is 15.2 Å². The summed E-state index contributed by atoms with van der Waals surface area (Å²) >= 11 is 0. The molecule has 3 rings (SSSR count). The monoisotopic (exact) mass is 449 g/mol. The summed E-state index contributed by atoms with van der Waals surface area (Å²) in [5, 5.41) is 7.78. The highest BCUT2D eigenvalue weighted by molar-refractivity contribution is 5.59. The van der Waals surface area contributed by atoms with E-state index in [0.717, 1.165) is 69.4 Å². The lowest BCUT2D eigenvalue weighted by molar-refractivity contribution is 0.0350. The van der Waals surface area contributed by atoms with E-state index in [4.69, 9.17) is 19.2 Å². The van der Waals surface area contributed by atoms with Crippen LogP contribution in [0.3, 0.4) is 0 Å². The largest absolute Gasteiger partial charge is 0.508 e. The van der Waals surface area contributed by atoms with Crippen molar-refractivity contribution in [3.63, 3.8) is 0 Å². The Balaban J connectivity index is 1.43. The average Bonchev–Trinajstić information content (AvgIpc) is 3.32. The number of ether oxygens (including phenoxy) is 3. The van der Waals surface area contributed by atoms with Gasteiger partial charge < -0.3 is 14.2 Å². The molecule has 2 aliphatic carbocycles. The Hall–Kier alpha value is -1.63. The van der Waals surface area contributed by atoms with Crippen LogP contribution in [0.25, 0.3) is 0 Å². The van der Waals surface area contributed by atoms with Gasteiger partial charge in [-0.25, -0.2) is 9.78 Å². The normalized spacial score (nSPS) is 26.1. The molecule has 7 heteroatoms. The molecule has 2 aliphatic rings. The summed E-state index contributed by atoms with van der Waals surface area (Å²) in [5.41, 5.74) is 0. The average molecular weight is 450 g/mol. The van der Waals surface area contributed by atoms with Crippen LogP contribution in [-0.4, -0.2) is 47.8 Å². The molecule has 2 fully saturated rings. The quantitative estimate of drug-likeness (QED) is 0.299. The van der Waals surface area contributed by atoms with Crippen LogP contribution >= 0.6 is 0 Å². The second kappa shape index (κ2) is 13.8. The third-order valence-electron chi connectivity index (χ3n) is 7.24. The summed E-state index contributed by atoms with van der Waals surface area (Å²) in [6, 6.07) is 0. The van der Waals surface area contributed by atoms with E-state index in [1.807, 2.05) is 0 Å². The predicted molar refractivity (Wildman–Crippen MR) is 124 cm³/mol. The van der Waals surface area contributed by atoms with E-state index in [-0.39, 0.29) is 11.8 Å². The van der Waals surface area contributed by atoms with Gasteiger partial charge in [-0.1, -0.05) is 58.3 Å². The first-order valence-corrected chi connectivity index (χ1v) is 13.0. The van der Waals surface area contributed by atoms with Gasteiger partial charge in [-0.2, -0.15) is 5.10 Å². The molecule has 4 atom stereocenters.